The fraction of sp³-hybridized carbons (Fsp3) is 0.143. The fourth-order valence-electron chi connectivity index (χ4n) is 2.33. The number of ether oxygens (including phenoxy) is 3. The molecule has 0 bridgehead atoms. The van der Waals surface area contributed by atoms with Crippen LogP contribution in [0.2, 0.25) is 0 Å². The van der Waals surface area contributed by atoms with Gasteiger partial charge in [-0.05, 0) is 42.5 Å². The van der Waals surface area contributed by atoms with E-state index in [1.54, 1.807) is 6.07 Å². The molecular weight excluding hydrogens is 394 g/mol. The average molecular weight is 413 g/mol. The Balaban J connectivity index is 1.94. The number of Topliss-reactive ketones (excluding diaryl/α,β-unsaturated/α-hetero) is 1. The molecule has 30 heavy (non-hydrogen) atoms. The van der Waals surface area contributed by atoms with Gasteiger partial charge >= 0.3 is 11.9 Å². The number of carbonyl (C=O) groups excluding carboxylic acids is 3. The van der Waals surface area contributed by atoms with E-state index >= 15 is 0 Å². The number of carbonyl (C=O) groups is 4. The summed E-state index contributed by atoms with van der Waals surface area (Å²) in [4.78, 5) is 46.3. The molecule has 156 valence electrons. The van der Waals surface area contributed by atoms with Gasteiger partial charge in [0.25, 0.3) is 0 Å². The minimum Gasteiger partial charge on any atom is -0.493 e. The van der Waals surface area contributed by atoms with E-state index in [9.17, 15) is 19.2 Å². The van der Waals surface area contributed by atoms with E-state index < -0.39 is 30.2 Å². The first-order chi connectivity index (χ1) is 14.3. The largest absolute Gasteiger partial charge is 0.493 e. The number of carboxylic acid groups (broad SMARTS) is 1. The molecule has 9 nitrogen and oxygen atoms in total. The number of esters is 1. The molecule has 2 aromatic rings. The summed E-state index contributed by atoms with van der Waals surface area (Å²) >= 11 is 0. The van der Waals surface area contributed by atoms with Crippen molar-refractivity contribution >= 4 is 29.3 Å². The van der Waals surface area contributed by atoms with Gasteiger partial charge < -0.3 is 24.6 Å². The summed E-state index contributed by atoms with van der Waals surface area (Å²) in [5.41, 5.74) is 0.829. The first-order valence-electron chi connectivity index (χ1n) is 8.58. The van der Waals surface area contributed by atoms with E-state index in [2.05, 4.69) is 5.32 Å². The molecule has 1 amide bonds. The van der Waals surface area contributed by atoms with Gasteiger partial charge in [-0.15, -0.1) is 0 Å². The summed E-state index contributed by atoms with van der Waals surface area (Å²) in [7, 11) is 2.92. The Bertz CT molecular complexity index is 979. The van der Waals surface area contributed by atoms with Crippen LogP contribution in [0.15, 0.2) is 54.6 Å². The van der Waals surface area contributed by atoms with Crippen LogP contribution in [0.25, 0.3) is 0 Å². The van der Waals surface area contributed by atoms with Crippen LogP contribution in [0.1, 0.15) is 20.7 Å². The monoisotopic (exact) mass is 413 g/mol. The van der Waals surface area contributed by atoms with Crippen molar-refractivity contribution in [3.05, 3.63) is 65.7 Å². The predicted octanol–water partition coefficient (Wildman–Crippen LogP) is 2.32. The molecule has 2 aromatic carbocycles. The van der Waals surface area contributed by atoms with Crippen molar-refractivity contribution < 1.29 is 38.5 Å². The summed E-state index contributed by atoms with van der Waals surface area (Å²) in [6.07, 6.45) is 1.57. The molecule has 0 saturated heterocycles. The number of amides is 1. The van der Waals surface area contributed by atoms with Crippen LogP contribution in [0.4, 0.5) is 5.69 Å². The lowest BCUT2D eigenvalue weighted by Crippen LogP contribution is -2.14. The summed E-state index contributed by atoms with van der Waals surface area (Å²) in [5, 5.41) is 10.9. The number of nitrogens with one attached hydrogen (secondary N) is 1. The zero-order valence-electron chi connectivity index (χ0n) is 16.2. The Morgan fingerprint density at radius 1 is 0.900 bits per heavy atom. The number of hydrogen-bond donors (Lipinski definition) is 2. The molecule has 0 spiro atoms. The van der Waals surface area contributed by atoms with Crippen molar-refractivity contribution in [2.75, 3.05) is 26.1 Å². The number of aliphatic carboxylic acids is 1. The van der Waals surface area contributed by atoms with Crippen molar-refractivity contribution in [2.45, 2.75) is 0 Å². The van der Waals surface area contributed by atoms with Gasteiger partial charge in [0.15, 0.2) is 23.9 Å². The molecule has 0 radical (unpaired) electrons. The molecule has 0 atom stereocenters. The molecule has 2 rings (SSSR count). The summed E-state index contributed by atoms with van der Waals surface area (Å²) in [6, 6.07) is 10.3. The average Bonchev–Trinajstić information content (AvgIpc) is 2.75. The second kappa shape index (κ2) is 10.4. The van der Waals surface area contributed by atoms with Crippen molar-refractivity contribution in [1.82, 2.24) is 0 Å². The number of methoxy groups -OCH3 is 2. The normalized spacial score (nSPS) is 10.3. The maximum atomic E-state index is 12.3. The van der Waals surface area contributed by atoms with Gasteiger partial charge in [-0.1, -0.05) is 0 Å². The van der Waals surface area contributed by atoms with Gasteiger partial charge in [0.05, 0.1) is 19.8 Å². The van der Waals surface area contributed by atoms with Crippen LogP contribution in [0.5, 0.6) is 11.5 Å². The summed E-state index contributed by atoms with van der Waals surface area (Å²) in [5.74, 6) is -2.16. The molecular formula is C21H19NO8. The highest BCUT2D eigenvalue weighted by atomic mass is 16.5. The van der Waals surface area contributed by atoms with Gasteiger partial charge in [0.2, 0.25) is 5.91 Å². The molecule has 0 unspecified atom stereocenters. The fourth-order valence-corrected chi connectivity index (χ4v) is 2.33. The minimum absolute atomic E-state index is 0.175. The second-order valence-corrected chi connectivity index (χ2v) is 5.81. The van der Waals surface area contributed by atoms with Gasteiger partial charge in [0, 0.05) is 23.4 Å². The zero-order chi connectivity index (χ0) is 22.1. The quantitative estimate of drug-likeness (QED) is 0.364. The molecule has 0 fully saturated rings. The third-order valence-electron chi connectivity index (χ3n) is 3.81. The summed E-state index contributed by atoms with van der Waals surface area (Å²) < 4.78 is 15.3. The Kier molecular flexibility index (Phi) is 7.69. The molecule has 2 N–H and O–H groups in total. The number of hydrogen-bond acceptors (Lipinski definition) is 7. The van der Waals surface area contributed by atoms with Crippen LogP contribution < -0.4 is 14.8 Å². The molecule has 0 aromatic heterocycles. The third kappa shape index (κ3) is 6.20. The van der Waals surface area contributed by atoms with Crippen LogP contribution in [0.3, 0.4) is 0 Å². The minimum atomic E-state index is -1.24. The lowest BCUT2D eigenvalue weighted by Gasteiger charge is -2.09. The van der Waals surface area contributed by atoms with E-state index in [0.717, 1.165) is 6.08 Å². The zero-order valence-corrected chi connectivity index (χ0v) is 16.2. The predicted molar refractivity (Wildman–Crippen MR) is 106 cm³/mol. The Labute approximate surface area is 171 Å². The van der Waals surface area contributed by atoms with E-state index in [1.807, 2.05) is 0 Å². The number of ketones is 1. The van der Waals surface area contributed by atoms with Crippen molar-refractivity contribution in [2.24, 2.45) is 0 Å². The van der Waals surface area contributed by atoms with Crippen LogP contribution in [-0.2, 0) is 14.3 Å². The summed E-state index contributed by atoms with van der Waals surface area (Å²) in [6.45, 7) is -0.465. The highest BCUT2D eigenvalue weighted by molar-refractivity contribution is 6.03. The smallest absolute Gasteiger partial charge is 0.338 e. The van der Waals surface area contributed by atoms with Gasteiger partial charge in [-0.3, -0.25) is 9.59 Å². The second-order valence-electron chi connectivity index (χ2n) is 5.81. The standard InChI is InChI=1S/C21H19NO8/c1-28-17-8-5-14(11-18(17)29-2)16(23)12-30-21(27)13-3-6-15(7-4-13)22-19(24)9-10-20(25)26/h3-11H,12H2,1-2H3,(H,22,24)(H,25,26)/b10-9+. The Morgan fingerprint density at radius 3 is 2.13 bits per heavy atom. The first-order valence-corrected chi connectivity index (χ1v) is 8.58. The molecule has 0 heterocycles. The third-order valence-corrected chi connectivity index (χ3v) is 3.81. The van der Waals surface area contributed by atoms with Crippen LogP contribution >= 0.6 is 0 Å². The van der Waals surface area contributed by atoms with E-state index in [0.29, 0.717) is 28.8 Å². The highest BCUT2D eigenvalue weighted by Crippen LogP contribution is 2.27. The SMILES string of the molecule is COc1ccc(C(=O)COC(=O)c2ccc(NC(=O)/C=C/C(=O)O)cc2)cc1OC. The van der Waals surface area contributed by atoms with Crippen LogP contribution in [-0.4, -0.2) is 49.6 Å². The lowest BCUT2D eigenvalue weighted by atomic mass is 10.1. The van der Waals surface area contributed by atoms with Crippen molar-refractivity contribution in [3.63, 3.8) is 0 Å². The van der Waals surface area contributed by atoms with Gasteiger partial charge in [0.1, 0.15) is 0 Å². The Morgan fingerprint density at radius 2 is 1.53 bits per heavy atom. The number of rotatable bonds is 9. The van der Waals surface area contributed by atoms with Crippen LogP contribution in [0, 0.1) is 0 Å². The maximum Gasteiger partial charge on any atom is 0.338 e. The molecule has 9 heteroatoms. The number of benzene rings is 2. The first kappa shape index (κ1) is 22.2. The van der Waals surface area contributed by atoms with Crippen molar-refractivity contribution in [3.8, 4) is 11.5 Å². The molecule has 0 saturated carbocycles. The maximum absolute atomic E-state index is 12.3. The molecule has 0 aliphatic rings. The van der Waals surface area contributed by atoms with Crippen molar-refractivity contribution in [1.29, 1.82) is 0 Å². The molecule has 0 aliphatic heterocycles. The van der Waals surface area contributed by atoms with E-state index in [4.69, 9.17) is 19.3 Å². The topological polar surface area (TPSA) is 128 Å². The van der Waals surface area contributed by atoms with Gasteiger partial charge in [-0.2, -0.15) is 0 Å². The Hall–Kier alpha value is -4.14. The highest BCUT2D eigenvalue weighted by Gasteiger charge is 2.14. The molecule has 0 aliphatic carbocycles. The van der Waals surface area contributed by atoms with Gasteiger partial charge in [-0.25, -0.2) is 9.59 Å². The number of anilines is 1. The number of carboxylic acids is 1. The lowest BCUT2D eigenvalue weighted by molar-refractivity contribution is -0.131. The van der Waals surface area contributed by atoms with E-state index in [-0.39, 0.29) is 5.56 Å². The van der Waals surface area contributed by atoms with E-state index in [1.165, 1.54) is 50.6 Å².